The van der Waals surface area contributed by atoms with Gasteiger partial charge in [0.15, 0.2) is 0 Å². The summed E-state index contributed by atoms with van der Waals surface area (Å²) in [5.74, 6) is 0.0410. The molecule has 0 radical (unpaired) electrons. The zero-order valence-corrected chi connectivity index (χ0v) is 14.3. The maximum atomic E-state index is 13.2. The molecule has 0 aromatic heterocycles. The van der Waals surface area contributed by atoms with Crippen molar-refractivity contribution in [3.8, 4) is 5.75 Å². The van der Waals surface area contributed by atoms with Gasteiger partial charge in [-0.2, -0.15) is 4.31 Å². The van der Waals surface area contributed by atoms with Crippen molar-refractivity contribution in [2.45, 2.75) is 30.6 Å². The Hall–Kier alpha value is -1.96. The van der Waals surface area contributed by atoms with Crippen LogP contribution >= 0.6 is 0 Å². The first-order valence-electron chi connectivity index (χ1n) is 8.14. The molecule has 2 aromatic carbocycles. The van der Waals surface area contributed by atoms with Crippen LogP contribution in [-0.4, -0.2) is 31.9 Å². The molecule has 2 aliphatic rings. The number of hydrogen-bond acceptors (Lipinski definition) is 4. The summed E-state index contributed by atoms with van der Waals surface area (Å²) >= 11 is 0. The van der Waals surface area contributed by atoms with E-state index >= 15 is 0 Å². The van der Waals surface area contributed by atoms with Crippen LogP contribution < -0.4 is 4.74 Å². The van der Waals surface area contributed by atoms with Crippen LogP contribution in [0.1, 0.15) is 17.5 Å². The Morgan fingerprint density at radius 1 is 1.12 bits per heavy atom. The van der Waals surface area contributed by atoms with Gasteiger partial charge in [0.1, 0.15) is 17.7 Å². The second kappa shape index (κ2) is 6.40. The van der Waals surface area contributed by atoms with Gasteiger partial charge in [-0.05, 0) is 41.8 Å². The molecule has 25 heavy (non-hydrogen) atoms. The van der Waals surface area contributed by atoms with E-state index in [-0.39, 0.29) is 23.4 Å². The molecule has 1 fully saturated rings. The van der Waals surface area contributed by atoms with Gasteiger partial charge in [-0.25, -0.2) is 12.8 Å². The van der Waals surface area contributed by atoms with Gasteiger partial charge in [0, 0.05) is 12.6 Å². The average Bonchev–Trinajstić information content (AvgIpc) is 3.23. The second-order valence-corrected chi connectivity index (χ2v) is 8.21. The molecule has 4 rings (SSSR count). The summed E-state index contributed by atoms with van der Waals surface area (Å²) in [6.07, 6.45) is 0.290. The van der Waals surface area contributed by atoms with Gasteiger partial charge in [-0.3, -0.25) is 0 Å². The molecule has 0 N–H and O–H groups in total. The molecule has 1 saturated heterocycles. The first kappa shape index (κ1) is 16.5. The average molecular weight is 363 g/mol. The zero-order chi connectivity index (χ0) is 17.4. The van der Waals surface area contributed by atoms with Crippen LogP contribution in [0.2, 0.25) is 0 Å². The fraction of sp³-hybridized carbons (Fsp3) is 0.333. The van der Waals surface area contributed by atoms with E-state index in [1.165, 1.54) is 16.4 Å². The van der Waals surface area contributed by atoms with Gasteiger partial charge >= 0.3 is 0 Å². The molecule has 7 heteroatoms. The molecule has 2 aliphatic heterocycles. The Morgan fingerprint density at radius 2 is 1.96 bits per heavy atom. The molecule has 1 atom stereocenters. The molecule has 1 unspecified atom stereocenters. The van der Waals surface area contributed by atoms with Crippen molar-refractivity contribution in [1.82, 2.24) is 4.31 Å². The molecular weight excluding hydrogens is 345 g/mol. The van der Waals surface area contributed by atoms with Gasteiger partial charge in [0.05, 0.1) is 24.7 Å². The minimum atomic E-state index is -3.57. The van der Waals surface area contributed by atoms with E-state index in [4.69, 9.17) is 9.47 Å². The molecule has 0 spiro atoms. The highest BCUT2D eigenvalue weighted by atomic mass is 32.2. The van der Waals surface area contributed by atoms with Crippen LogP contribution in [0.3, 0.4) is 0 Å². The fourth-order valence-electron chi connectivity index (χ4n) is 3.20. The molecule has 132 valence electrons. The maximum absolute atomic E-state index is 13.2. The van der Waals surface area contributed by atoms with Crippen LogP contribution in [0, 0.1) is 5.82 Å². The molecule has 0 bridgehead atoms. The Labute approximate surface area is 146 Å². The molecule has 5 nitrogen and oxygen atoms in total. The summed E-state index contributed by atoms with van der Waals surface area (Å²) < 4.78 is 51.4. The highest BCUT2D eigenvalue weighted by Gasteiger charge is 2.34. The first-order valence-corrected chi connectivity index (χ1v) is 9.58. The summed E-state index contributed by atoms with van der Waals surface area (Å²) in [4.78, 5) is 0.281. The third-order valence-corrected chi connectivity index (χ3v) is 6.40. The molecule has 2 aromatic rings. The lowest BCUT2D eigenvalue weighted by Gasteiger charge is -2.18. The minimum absolute atomic E-state index is 0.256. The van der Waals surface area contributed by atoms with Gasteiger partial charge < -0.3 is 9.47 Å². The number of rotatable bonds is 4. The third kappa shape index (κ3) is 3.27. The minimum Gasteiger partial charge on any atom is -0.489 e. The van der Waals surface area contributed by atoms with Crippen molar-refractivity contribution in [3.63, 3.8) is 0 Å². The monoisotopic (exact) mass is 363 g/mol. The van der Waals surface area contributed by atoms with Crippen molar-refractivity contribution in [3.05, 3.63) is 59.4 Å². The molecule has 2 heterocycles. The van der Waals surface area contributed by atoms with E-state index in [0.717, 1.165) is 11.1 Å². The summed E-state index contributed by atoms with van der Waals surface area (Å²) in [5, 5.41) is 0. The van der Waals surface area contributed by atoms with E-state index in [0.29, 0.717) is 31.9 Å². The Morgan fingerprint density at radius 3 is 2.80 bits per heavy atom. The highest BCUT2D eigenvalue weighted by molar-refractivity contribution is 7.89. The number of sulfonamides is 1. The number of ether oxygens (including phenoxy) is 2. The SMILES string of the molecule is O=S(=O)(c1ccc2c(c1)COC2)N1CCC(Oc2cccc(F)c2)C1. The van der Waals surface area contributed by atoms with Crippen LogP contribution in [0.5, 0.6) is 5.75 Å². The lowest BCUT2D eigenvalue weighted by Crippen LogP contribution is -2.31. The standard InChI is InChI=1S/C18H18FNO4S/c19-15-2-1-3-16(9-15)24-17-6-7-20(10-17)25(21,22)18-5-4-13-11-23-12-14(13)8-18/h1-5,8-9,17H,6-7,10-12H2. The van der Waals surface area contributed by atoms with E-state index in [1.807, 2.05) is 6.07 Å². The van der Waals surface area contributed by atoms with Crippen LogP contribution in [0.25, 0.3) is 0 Å². The normalized spacial score (nSPS) is 20.6. The number of fused-ring (bicyclic) bond motifs is 1. The lowest BCUT2D eigenvalue weighted by molar-refractivity contribution is 0.134. The van der Waals surface area contributed by atoms with Crippen molar-refractivity contribution in [2.75, 3.05) is 13.1 Å². The predicted molar refractivity (Wildman–Crippen MR) is 89.1 cm³/mol. The number of halogens is 1. The molecule has 0 amide bonds. The Kier molecular flexibility index (Phi) is 4.23. The quantitative estimate of drug-likeness (QED) is 0.838. The van der Waals surface area contributed by atoms with Gasteiger partial charge in [0.25, 0.3) is 0 Å². The smallest absolute Gasteiger partial charge is 0.243 e. The number of nitrogens with zero attached hydrogens (tertiary/aromatic N) is 1. The van der Waals surface area contributed by atoms with E-state index in [9.17, 15) is 12.8 Å². The summed E-state index contributed by atoms with van der Waals surface area (Å²) in [7, 11) is -3.57. The van der Waals surface area contributed by atoms with E-state index < -0.39 is 10.0 Å². The predicted octanol–water partition coefficient (Wildman–Crippen LogP) is 2.70. The van der Waals surface area contributed by atoms with Crippen LogP contribution in [-0.2, 0) is 28.0 Å². The summed E-state index contributed by atoms with van der Waals surface area (Å²) in [6.45, 7) is 1.62. The molecule has 0 aliphatic carbocycles. The molecular formula is C18H18FNO4S. The molecule has 0 saturated carbocycles. The van der Waals surface area contributed by atoms with Crippen molar-refractivity contribution in [2.24, 2.45) is 0 Å². The van der Waals surface area contributed by atoms with Gasteiger partial charge in [0.2, 0.25) is 10.0 Å². The van der Waals surface area contributed by atoms with Crippen molar-refractivity contribution >= 4 is 10.0 Å². The van der Waals surface area contributed by atoms with E-state index in [1.54, 1.807) is 24.3 Å². The second-order valence-electron chi connectivity index (χ2n) is 6.27. The fourth-order valence-corrected chi connectivity index (χ4v) is 4.74. The first-order chi connectivity index (χ1) is 12.0. The van der Waals surface area contributed by atoms with Gasteiger partial charge in [-0.15, -0.1) is 0 Å². The third-order valence-electron chi connectivity index (χ3n) is 4.54. The maximum Gasteiger partial charge on any atom is 0.243 e. The van der Waals surface area contributed by atoms with Gasteiger partial charge in [-0.1, -0.05) is 12.1 Å². The number of hydrogen-bond donors (Lipinski definition) is 0. The largest absolute Gasteiger partial charge is 0.489 e. The Bertz CT molecular complexity index is 900. The highest BCUT2D eigenvalue weighted by Crippen LogP contribution is 2.28. The van der Waals surface area contributed by atoms with Crippen LogP contribution in [0.4, 0.5) is 4.39 Å². The Balaban J connectivity index is 1.49. The van der Waals surface area contributed by atoms with E-state index in [2.05, 4.69) is 0 Å². The summed E-state index contributed by atoms with van der Waals surface area (Å²) in [6, 6.07) is 11.0. The number of benzene rings is 2. The van der Waals surface area contributed by atoms with Crippen LogP contribution in [0.15, 0.2) is 47.4 Å². The lowest BCUT2D eigenvalue weighted by atomic mass is 10.1. The topological polar surface area (TPSA) is 55.8 Å². The summed E-state index contributed by atoms with van der Waals surface area (Å²) in [5.41, 5.74) is 1.96. The zero-order valence-electron chi connectivity index (χ0n) is 13.5. The van der Waals surface area contributed by atoms with Crippen molar-refractivity contribution in [1.29, 1.82) is 0 Å². The van der Waals surface area contributed by atoms with Crippen molar-refractivity contribution < 1.29 is 22.3 Å².